The molecule has 2 atom stereocenters. The predicted octanol–water partition coefficient (Wildman–Crippen LogP) is -3.78. The van der Waals surface area contributed by atoms with E-state index in [4.69, 9.17) is 0 Å². The van der Waals surface area contributed by atoms with Gasteiger partial charge in [-0.25, -0.2) is 0 Å². The summed E-state index contributed by atoms with van der Waals surface area (Å²) in [5, 5.41) is 10.3. The number of piperidine rings is 1. The second kappa shape index (κ2) is 4.53. The Labute approximate surface area is 115 Å². The van der Waals surface area contributed by atoms with E-state index < -0.39 is 5.97 Å². The number of aliphatic carboxylic acids is 1. The number of fused-ring (bicyclic) bond motifs is 2. The van der Waals surface area contributed by atoms with E-state index in [-0.39, 0.29) is 57.9 Å². The van der Waals surface area contributed by atoms with Crippen LogP contribution in [0.2, 0.25) is 0 Å². The van der Waals surface area contributed by atoms with Gasteiger partial charge in [-0.2, -0.15) is 0 Å². The van der Waals surface area contributed by atoms with Crippen LogP contribution in [0.4, 0.5) is 0 Å². The van der Waals surface area contributed by atoms with Gasteiger partial charge in [0.1, 0.15) is 0 Å². The summed E-state index contributed by atoms with van der Waals surface area (Å²) in [6.07, 6.45) is 3.71. The number of rotatable bonds is 2. The summed E-state index contributed by atoms with van der Waals surface area (Å²) < 4.78 is 0. The molecule has 2 rings (SSSR count). The van der Waals surface area contributed by atoms with Crippen LogP contribution in [0.5, 0.6) is 0 Å². The minimum atomic E-state index is -0.933. The predicted molar refractivity (Wildman–Crippen MR) is 37.7 cm³/mol. The Morgan fingerprint density at radius 3 is 2.67 bits per heavy atom. The van der Waals surface area contributed by atoms with Crippen molar-refractivity contribution in [3.05, 3.63) is 0 Å². The van der Waals surface area contributed by atoms with Crippen LogP contribution in [-0.2, 0) is 4.79 Å². The Balaban J connectivity index is 0.000000720. The summed E-state index contributed by atoms with van der Waals surface area (Å²) in [5.41, 5.74) is 0. The smallest absolute Gasteiger partial charge is 0.549 e. The molecule has 62 valence electrons. The molecule has 0 amide bonds. The van der Waals surface area contributed by atoms with E-state index in [1.54, 1.807) is 0 Å². The molecular weight excluding hydrogens is 181 g/mol. The van der Waals surface area contributed by atoms with Crippen LogP contribution in [0, 0.1) is 5.92 Å². The zero-order valence-corrected chi connectivity index (χ0v) is 10.6. The molecule has 0 aromatic rings. The fourth-order valence-electron chi connectivity index (χ4n) is 2.39. The molecule has 0 radical (unpaired) electrons. The van der Waals surface area contributed by atoms with E-state index in [9.17, 15) is 9.90 Å². The second-order valence-corrected chi connectivity index (χ2v) is 3.63. The molecule has 1 heterocycles. The van der Waals surface area contributed by atoms with Gasteiger partial charge in [0.2, 0.25) is 0 Å². The van der Waals surface area contributed by atoms with E-state index in [1.807, 2.05) is 4.90 Å². The van der Waals surface area contributed by atoms with Crippen molar-refractivity contribution < 1.29 is 61.3 Å². The molecule has 2 bridgehead atoms. The number of likely N-dealkylation sites (tertiary alicyclic amines) is 1. The summed E-state index contributed by atoms with van der Waals surface area (Å²) >= 11 is 0. The molecule has 0 aromatic heterocycles. The summed E-state index contributed by atoms with van der Waals surface area (Å²) in [4.78, 5) is 12.3. The summed E-state index contributed by atoms with van der Waals surface area (Å²) in [5.74, 6) is -0.156. The van der Waals surface area contributed by atoms with Crippen LogP contribution in [0.25, 0.3) is 0 Å². The molecule has 4 heteroatoms. The number of hydrogen-bond acceptors (Lipinski definition) is 3. The molecule has 2 fully saturated rings. The van der Waals surface area contributed by atoms with E-state index >= 15 is 0 Å². The second-order valence-electron chi connectivity index (χ2n) is 3.63. The largest absolute Gasteiger partial charge is 1.00 e. The van der Waals surface area contributed by atoms with Gasteiger partial charge in [0.05, 0.1) is 5.97 Å². The SMILES string of the molecule is O=C([O-])CN1CC2CCC1C2.[K+]. The molecule has 0 N–H and O–H groups in total. The van der Waals surface area contributed by atoms with Crippen molar-refractivity contribution in [1.29, 1.82) is 0 Å². The minimum Gasteiger partial charge on any atom is -0.549 e. The summed E-state index contributed by atoms with van der Waals surface area (Å²) in [7, 11) is 0. The Hall–Kier alpha value is 1.07. The average molecular weight is 193 g/mol. The third-order valence-corrected chi connectivity index (χ3v) is 2.85. The van der Waals surface area contributed by atoms with Crippen molar-refractivity contribution in [2.45, 2.75) is 25.3 Å². The van der Waals surface area contributed by atoms with Crippen molar-refractivity contribution in [2.75, 3.05) is 13.1 Å². The number of nitrogens with zero attached hydrogens (tertiary/aromatic N) is 1. The first-order valence-corrected chi connectivity index (χ1v) is 4.19. The van der Waals surface area contributed by atoms with Gasteiger partial charge in [-0.3, -0.25) is 4.90 Å². The monoisotopic (exact) mass is 193 g/mol. The van der Waals surface area contributed by atoms with E-state index in [2.05, 4.69) is 0 Å². The first kappa shape index (κ1) is 11.1. The molecular formula is C8H12KNO2. The topological polar surface area (TPSA) is 43.4 Å². The van der Waals surface area contributed by atoms with Crippen LogP contribution < -0.4 is 56.5 Å². The van der Waals surface area contributed by atoms with Gasteiger partial charge in [0.15, 0.2) is 0 Å². The summed E-state index contributed by atoms with van der Waals surface area (Å²) in [6, 6.07) is 0.554. The van der Waals surface area contributed by atoms with Gasteiger partial charge in [-0.1, -0.05) is 0 Å². The van der Waals surface area contributed by atoms with Crippen LogP contribution in [0.15, 0.2) is 0 Å². The zero-order chi connectivity index (χ0) is 7.84. The Morgan fingerprint density at radius 2 is 2.25 bits per heavy atom. The minimum absolute atomic E-state index is 0. The molecule has 0 aromatic carbocycles. The number of carboxylic acid groups (broad SMARTS) is 1. The van der Waals surface area contributed by atoms with Crippen molar-refractivity contribution in [1.82, 2.24) is 4.90 Å². The van der Waals surface area contributed by atoms with E-state index in [0.717, 1.165) is 12.5 Å². The van der Waals surface area contributed by atoms with Crippen LogP contribution in [-0.4, -0.2) is 30.0 Å². The van der Waals surface area contributed by atoms with Crippen LogP contribution in [0.3, 0.4) is 0 Å². The quantitative estimate of drug-likeness (QED) is 0.423. The maximum absolute atomic E-state index is 10.3. The number of hydrogen-bond donors (Lipinski definition) is 0. The average Bonchev–Trinajstić information content (AvgIpc) is 2.45. The van der Waals surface area contributed by atoms with Crippen molar-refractivity contribution in [2.24, 2.45) is 5.92 Å². The maximum Gasteiger partial charge on any atom is 1.00 e. The van der Waals surface area contributed by atoms with Gasteiger partial charge in [-0.15, -0.1) is 0 Å². The third kappa shape index (κ3) is 2.30. The fourth-order valence-corrected chi connectivity index (χ4v) is 2.39. The fraction of sp³-hybridized carbons (Fsp3) is 0.875. The molecule has 3 nitrogen and oxygen atoms in total. The van der Waals surface area contributed by atoms with E-state index in [0.29, 0.717) is 6.04 Å². The Bertz CT molecular complexity index is 186. The van der Waals surface area contributed by atoms with Crippen LogP contribution in [0.1, 0.15) is 19.3 Å². The number of carbonyl (C=O) groups is 1. The molecule has 2 aliphatic rings. The third-order valence-electron chi connectivity index (χ3n) is 2.85. The first-order valence-electron chi connectivity index (χ1n) is 4.19. The standard InChI is InChI=1S/C8H13NO2.K/c10-8(11)5-9-4-6-1-2-7(9)3-6;/h6-7H,1-5H2,(H,10,11);/q;+1/p-1. The molecule has 1 aliphatic heterocycles. The van der Waals surface area contributed by atoms with Crippen LogP contribution >= 0.6 is 0 Å². The Kier molecular flexibility index (Phi) is 4.20. The number of carboxylic acids is 1. The molecule has 1 aliphatic carbocycles. The Morgan fingerprint density at radius 1 is 1.50 bits per heavy atom. The van der Waals surface area contributed by atoms with Crippen molar-refractivity contribution in [3.63, 3.8) is 0 Å². The normalized spacial score (nSPS) is 33.3. The van der Waals surface area contributed by atoms with Gasteiger partial charge in [0, 0.05) is 19.1 Å². The van der Waals surface area contributed by atoms with Crippen molar-refractivity contribution >= 4 is 5.97 Å². The molecule has 0 spiro atoms. The summed E-state index contributed by atoms with van der Waals surface area (Å²) in [6.45, 7) is 1.12. The van der Waals surface area contributed by atoms with Gasteiger partial charge >= 0.3 is 51.4 Å². The van der Waals surface area contributed by atoms with Gasteiger partial charge in [-0.05, 0) is 25.2 Å². The van der Waals surface area contributed by atoms with Crippen molar-refractivity contribution in [3.8, 4) is 0 Å². The first-order chi connectivity index (χ1) is 5.25. The zero-order valence-electron chi connectivity index (χ0n) is 7.45. The van der Waals surface area contributed by atoms with E-state index in [1.165, 1.54) is 19.3 Å². The molecule has 12 heavy (non-hydrogen) atoms. The van der Waals surface area contributed by atoms with Gasteiger partial charge < -0.3 is 9.90 Å². The molecule has 2 unspecified atom stereocenters. The molecule has 1 saturated carbocycles. The van der Waals surface area contributed by atoms with Gasteiger partial charge in [0.25, 0.3) is 0 Å². The molecule has 1 saturated heterocycles. The maximum atomic E-state index is 10.3. The number of carbonyl (C=O) groups excluding carboxylic acids is 1.